The van der Waals surface area contributed by atoms with Gasteiger partial charge in [-0.3, -0.25) is 9.59 Å². The number of fused-ring (bicyclic) bond motifs is 1. The van der Waals surface area contributed by atoms with E-state index in [0.717, 1.165) is 4.90 Å². The zero-order chi connectivity index (χ0) is 16.7. The number of carbonyl (C=O) groups is 3. The summed E-state index contributed by atoms with van der Waals surface area (Å²) in [6.07, 6.45) is 0. The Labute approximate surface area is 139 Å². The Hall–Kier alpha value is -2.67. The summed E-state index contributed by atoms with van der Waals surface area (Å²) in [5.41, 5.74) is 0.698. The molecule has 0 bridgehead atoms. The number of methoxy groups -OCH3 is 1. The van der Waals surface area contributed by atoms with E-state index in [1.165, 1.54) is 25.3 Å². The Morgan fingerprint density at radius 3 is 2.43 bits per heavy atom. The van der Waals surface area contributed by atoms with Gasteiger partial charge in [-0.05, 0) is 30.3 Å². The first-order chi connectivity index (χ1) is 10.9. The third-order valence-electron chi connectivity index (χ3n) is 3.49. The van der Waals surface area contributed by atoms with Crippen LogP contribution in [0.2, 0.25) is 0 Å². The van der Waals surface area contributed by atoms with Crippen LogP contribution in [0.1, 0.15) is 31.1 Å². The number of carbonyl (C=O) groups excluding carboxylic acids is 3. The summed E-state index contributed by atoms with van der Waals surface area (Å²) in [6, 6.07) is 8.69. The molecule has 0 atom stereocenters. The van der Waals surface area contributed by atoms with Gasteiger partial charge < -0.3 is 9.84 Å². The smallest absolute Gasteiger partial charge is 0.341 e. The topological polar surface area (TPSA) is 83.9 Å². The molecule has 23 heavy (non-hydrogen) atoms. The van der Waals surface area contributed by atoms with Gasteiger partial charge in [0, 0.05) is 10.5 Å². The lowest BCUT2D eigenvalue weighted by molar-refractivity contribution is 0.0597. The number of halogens is 1. The second kappa shape index (κ2) is 5.51. The molecule has 1 aliphatic rings. The van der Waals surface area contributed by atoms with Gasteiger partial charge in [-0.25, -0.2) is 9.69 Å². The molecule has 0 radical (unpaired) electrons. The molecule has 0 fully saturated rings. The van der Waals surface area contributed by atoms with E-state index in [1.807, 2.05) is 0 Å². The molecule has 6 nitrogen and oxygen atoms in total. The van der Waals surface area contributed by atoms with E-state index in [2.05, 4.69) is 20.7 Å². The first-order valence-electron chi connectivity index (χ1n) is 6.53. The van der Waals surface area contributed by atoms with Crippen molar-refractivity contribution in [2.45, 2.75) is 0 Å². The average molecular weight is 376 g/mol. The number of ether oxygens (including phenoxy) is 1. The van der Waals surface area contributed by atoms with Gasteiger partial charge in [-0.15, -0.1) is 0 Å². The molecule has 0 aromatic heterocycles. The van der Waals surface area contributed by atoms with Crippen molar-refractivity contribution in [2.75, 3.05) is 12.0 Å². The van der Waals surface area contributed by atoms with Crippen molar-refractivity contribution in [2.24, 2.45) is 0 Å². The fourth-order valence-electron chi connectivity index (χ4n) is 2.39. The van der Waals surface area contributed by atoms with Gasteiger partial charge in [0.25, 0.3) is 11.8 Å². The molecule has 0 unspecified atom stereocenters. The number of phenols is 1. The Bertz CT molecular complexity index is 862. The fourth-order valence-corrected chi connectivity index (χ4v) is 2.75. The number of anilines is 1. The number of hydrogen-bond donors (Lipinski definition) is 1. The predicted molar refractivity (Wildman–Crippen MR) is 84.7 cm³/mol. The summed E-state index contributed by atoms with van der Waals surface area (Å²) >= 11 is 3.26. The molecule has 3 rings (SSSR count). The van der Waals surface area contributed by atoms with Gasteiger partial charge in [-0.2, -0.15) is 0 Å². The number of hydrogen-bond acceptors (Lipinski definition) is 5. The molecule has 1 N–H and O–H groups in total. The van der Waals surface area contributed by atoms with Crippen molar-refractivity contribution in [3.05, 3.63) is 57.6 Å². The van der Waals surface area contributed by atoms with Crippen LogP contribution in [-0.4, -0.2) is 30.0 Å². The van der Waals surface area contributed by atoms with Crippen LogP contribution >= 0.6 is 15.9 Å². The first-order valence-corrected chi connectivity index (χ1v) is 7.33. The van der Waals surface area contributed by atoms with Crippen molar-refractivity contribution in [1.82, 2.24) is 0 Å². The zero-order valence-electron chi connectivity index (χ0n) is 11.9. The van der Waals surface area contributed by atoms with E-state index >= 15 is 0 Å². The highest BCUT2D eigenvalue weighted by Gasteiger charge is 2.37. The molecule has 1 aliphatic heterocycles. The highest BCUT2D eigenvalue weighted by Crippen LogP contribution is 2.33. The second-order valence-electron chi connectivity index (χ2n) is 4.83. The Morgan fingerprint density at radius 1 is 1.09 bits per heavy atom. The number of amides is 2. The van der Waals surface area contributed by atoms with Crippen molar-refractivity contribution < 1.29 is 24.2 Å². The molecule has 0 spiro atoms. The number of aromatic hydroxyl groups is 1. The lowest BCUT2D eigenvalue weighted by Crippen LogP contribution is -2.29. The van der Waals surface area contributed by atoms with Crippen molar-refractivity contribution >= 4 is 39.4 Å². The number of benzene rings is 2. The van der Waals surface area contributed by atoms with Crippen molar-refractivity contribution in [1.29, 1.82) is 0 Å². The Balaban J connectivity index is 2.04. The summed E-state index contributed by atoms with van der Waals surface area (Å²) in [4.78, 5) is 37.3. The molecule has 0 saturated carbocycles. The number of phenolic OH excluding ortho intramolecular Hbond substituents is 1. The summed E-state index contributed by atoms with van der Waals surface area (Å²) in [5, 5.41) is 9.93. The highest BCUT2D eigenvalue weighted by molar-refractivity contribution is 9.10. The summed E-state index contributed by atoms with van der Waals surface area (Å²) in [7, 11) is 1.19. The summed E-state index contributed by atoms with van der Waals surface area (Å²) < 4.78 is 5.22. The normalized spacial score (nSPS) is 13.2. The van der Waals surface area contributed by atoms with E-state index in [4.69, 9.17) is 0 Å². The maximum atomic E-state index is 12.5. The predicted octanol–water partition coefficient (Wildman–Crippen LogP) is 2.74. The molecular weight excluding hydrogens is 366 g/mol. The van der Waals surface area contributed by atoms with Crippen LogP contribution in [0, 0.1) is 0 Å². The monoisotopic (exact) mass is 375 g/mol. The summed E-state index contributed by atoms with van der Waals surface area (Å²) in [5.74, 6) is -2.05. The van der Waals surface area contributed by atoms with Gasteiger partial charge in [0.1, 0.15) is 11.3 Å². The molecule has 2 amide bonds. The van der Waals surface area contributed by atoms with Crippen LogP contribution in [-0.2, 0) is 4.74 Å². The number of nitrogens with zero attached hydrogens (tertiary/aromatic N) is 1. The largest absolute Gasteiger partial charge is 0.507 e. The Kier molecular flexibility index (Phi) is 3.65. The van der Waals surface area contributed by atoms with Crippen LogP contribution < -0.4 is 4.90 Å². The minimum absolute atomic E-state index is 0.0457. The summed E-state index contributed by atoms with van der Waals surface area (Å²) in [6.45, 7) is 0. The number of imide groups is 1. The number of rotatable bonds is 2. The minimum atomic E-state index is -0.708. The molecule has 7 heteroatoms. The molecule has 2 aromatic carbocycles. The van der Waals surface area contributed by atoms with Gasteiger partial charge in [0.05, 0.1) is 23.9 Å². The molecular formula is C16H10BrNO5. The van der Waals surface area contributed by atoms with Crippen LogP contribution in [0.25, 0.3) is 0 Å². The molecule has 0 aliphatic carbocycles. The maximum Gasteiger partial charge on any atom is 0.341 e. The zero-order valence-corrected chi connectivity index (χ0v) is 13.5. The standard InChI is InChI=1S/C16H10BrNO5/c1-23-16(22)11-5-3-9(7-13(11)19)18-14(20)10-4-2-8(17)6-12(10)15(18)21/h2-7,19H,1H3. The minimum Gasteiger partial charge on any atom is -0.507 e. The fraction of sp³-hybridized carbons (Fsp3) is 0.0625. The van der Waals surface area contributed by atoms with E-state index in [0.29, 0.717) is 4.47 Å². The van der Waals surface area contributed by atoms with Crippen LogP contribution in [0.5, 0.6) is 5.75 Å². The van der Waals surface area contributed by atoms with Gasteiger partial charge in [-0.1, -0.05) is 15.9 Å². The van der Waals surface area contributed by atoms with Gasteiger partial charge >= 0.3 is 5.97 Å². The molecule has 0 saturated heterocycles. The Morgan fingerprint density at radius 2 is 1.78 bits per heavy atom. The lowest BCUT2D eigenvalue weighted by atomic mass is 10.1. The van der Waals surface area contributed by atoms with Crippen molar-refractivity contribution in [3.63, 3.8) is 0 Å². The van der Waals surface area contributed by atoms with E-state index < -0.39 is 17.8 Å². The highest BCUT2D eigenvalue weighted by atomic mass is 79.9. The van der Waals surface area contributed by atoms with E-state index in [1.54, 1.807) is 18.2 Å². The number of esters is 1. The third-order valence-corrected chi connectivity index (χ3v) is 3.99. The molecule has 116 valence electrons. The van der Waals surface area contributed by atoms with Crippen LogP contribution in [0.3, 0.4) is 0 Å². The van der Waals surface area contributed by atoms with Gasteiger partial charge in [0.2, 0.25) is 0 Å². The van der Waals surface area contributed by atoms with E-state index in [9.17, 15) is 19.5 Å². The SMILES string of the molecule is COC(=O)c1ccc(N2C(=O)c3ccc(Br)cc3C2=O)cc1O. The lowest BCUT2D eigenvalue weighted by Gasteiger charge is -2.15. The second-order valence-corrected chi connectivity index (χ2v) is 5.74. The van der Waals surface area contributed by atoms with E-state index in [-0.39, 0.29) is 28.1 Å². The molecule has 2 aromatic rings. The van der Waals surface area contributed by atoms with Crippen LogP contribution in [0.4, 0.5) is 5.69 Å². The van der Waals surface area contributed by atoms with Crippen molar-refractivity contribution in [3.8, 4) is 5.75 Å². The maximum absolute atomic E-state index is 12.5. The first kappa shape index (κ1) is 15.2. The van der Waals surface area contributed by atoms with Gasteiger partial charge in [0.15, 0.2) is 0 Å². The average Bonchev–Trinajstić information content (AvgIpc) is 2.77. The molecule has 1 heterocycles. The third kappa shape index (κ3) is 2.39. The quantitative estimate of drug-likeness (QED) is 0.644. The van der Waals surface area contributed by atoms with Crippen LogP contribution in [0.15, 0.2) is 40.9 Å².